The van der Waals surface area contributed by atoms with Crippen molar-refractivity contribution in [2.75, 3.05) is 5.32 Å². The fraction of sp³-hybridized carbons (Fsp3) is 0.0833. The van der Waals surface area contributed by atoms with Crippen molar-refractivity contribution in [2.45, 2.75) is 12.5 Å². The van der Waals surface area contributed by atoms with Crippen LogP contribution in [0.4, 0.5) is 9.52 Å². The molecule has 0 radical (unpaired) electrons. The van der Waals surface area contributed by atoms with Crippen LogP contribution in [0.25, 0.3) is 10.6 Å². The average molecular weight is 515 g/mol. The molecule has 1 heterocycles. The Morgan fingerprint density at radius 1 is 0.941 bits per heavy atom. The number of halogens is 3. The second-order valence-electron chi connectivity index (χ2n) is 7.28. The lowest BCUT2D eigenvalue weighted by molar-refractivity contribution is -0.118. The monoisotopic (exact) mass is 514 g/mol. The molecule has 4 rings (SSSR count). The molecule has 2 N–H and O–H groups in total. The van der Waals surface area contributed by atoms with Gasteiger partial charge in [-0.1, -0.05) is 64.9 Å². The average Bonchev–Trinajstić information content (AvgIpc) is 3.27. The molecule has 6 nitrogen and oxygen atoms in total. The first-order valence-corrected chi connectivity index (χ1v) is 11.7. The predicted molar refractivity (Wildman–Crippen MR) is 132 cm³/mol. The number of carbonyl (C=O) groups is 2. The summed E-state index contributed by atoms with van der Waals surface area (Å²) in [6.45, 7) is 0. The molecule has 4 aromatic rings. The molecule has 0 spiro atoms. The number of hydrogen-bond donors (Lipinski definition) is 2. The van der Waals surface area contributed by atoms with Crippen molar-refractivity contribution >= 4 is 51.5 Å². The van der Waals surface area contributed by atoms with Gasteiger partial charge in [-0.25, -0.2) is 4.39 Å². The summed E-state index contributed by atoms with van der Waals surface area (Å²) in [5, 5.41) is 14.9. The highest BCUT2D eigenvalue weighted by Crippen LogP contribution is 2.26. The quantitative estimate of drug-likeness (QED) is 0.334. The zero-order valence-electron chi connectivity index (χ0n) is 17.5. The molecule has 10 heteroatoms. The Labute approximate surface area is 208 Å². The Kier molecular flexibility index (Phi) is 7.52. The van der Waals surface area contributed by atoms with Crippen LogP contribution in [-0.4, -0.2) is 28.1 Å². The summed E-state index contributed by atoms with van der Waals surface area (Å²) in [4.78, 5) is 26.0. The molecule has 0 saturated heterocycles. The maximum Gasteiger partial charge on any atom is 0.252 e. The molecule has 3 aromatic carbocycles. The molecule has 2 amide bonds. The van der Waals surface area contributed by atoms with E-state index in [1.807, 2.05) is 30.3 Å². The van der Waals surface area contributed by atoms with Gasteiger partial charge in [-0.15, -0.1) is 10.2 Å². The standard InChI is InChI=1S/C24H17Cl2FN4O2S/c25-17-11-16(12-18(26)13-17)21(32)28-20(10-14-4-2-1-3-5-14)22(33)29-24-31-30-23(34-24)15-6-8-19(27)9-7-15/h1-9,11-13,20H,10H2,(H,28,32)(H,29,31,33)/t20-/m1/s1. The van der Waals surface area contributed by atoms with Gasteiger partial charge in [0.1, 0.15) is 16.9 Å². The van der Waals surface area contributed by atoms with Crippen LogP contribution in [0.3, 0.4) is 0 Å². The van der Waals surface area contributed by atoms with Gasteiger partial charge in [-0.05, 0) is 48.0 Å². The van der Waals surface area contributed by atoms with Gasteiger partial charge >= 0.3 is 0 Å². The largest absolute Gasteiger partial charge is 0.340 e. The molecule has 1 atom stereocenters. The fourth-order valence-corrected chi connectivity index (χ4v) is 4.44. The lowest BCUT2D eigenvalue weighted by atomic mass is 10.0. The maximum atomic E-state index is 13.2. The van der Waals surface area contributed by atoms with Crippen LogP contribution in [0.1, 0.15) is 15.9 Å². The van der Waals surface area contributed by atoms with Gasteiger partial charge in [0.2, 0.25) is 11.0 Å². The molecule has 0 unspecified atom stereocenters. The minimum Gasteiger partial charge on any atom is -0.340 e. The Hall–Kier alpha value is -3.33. The van der Waals surface area contributed by atoms with E-state index < -0.39 is 17.9 Å². The SMILES string of the molecule is O=C(N[C@H](Cc1ccccc1)C(=O)Nc1nnc(-c2ccc(F)cc2)s1)c1cc(Cl)cc(Cl)c1. The summed E-state index contributed by atoms with van der Waals surface area (Å²) >= 11 is 13.2. The lowest BCUT2D eigenvalue weighted by Crippen LogP contribution is -2.45. The molecule has 0 bridgehead atoms. The second kappa shape index (κ2) is 10.7. The first-order valence-electron chi connectivity index (χ1n) is 10.1. The number of hydrogen-bond acceptors (Lipinski definition) is 5. The first kappa shape index (κ1) is 23.8. The number of amides is 2. The Bertz CT molecular complexity index is 1300. The summed E-state index contributed by atoms with van der Waals surface area (Å²) in [5.74, 6) is -1.32. The van der Waals surface area contributed by atoms with Gasteiger partial charge < -0.3 is 5.32 Å². The molecule has 0 fully saturated rings. The van der Waals surface area contributed by atoms with E-state index in [1.54, 1.807) is 12.1 Å². The van der Waals surface area contributed by atoms with E-state index in [2.05, 4.69) is 20.8 Å². The zero-order valence-corrected chi connectivity index (χ0v) is 19.8. The first-order chi connectivity index (χ1) is 16.4. The van der Waals surface area contributed by atoms with E-state index in [1.165, 1.54) is 30.3 Å². The molecule has 0 aliphatic rings. The normalized spacial score (nSPS) is 11.6. The number of anilines is 1. The van der Waals surface area contributed by atoms with Crippen molar-refractivity contribution in [2.24, 2.45) is 0 Å². The van der Waals surface area contributed by atoms with Crippen molar-refractivity contribution < 1.29 is 14.0 Å². The number of nitrogens with zero attached hydrogens (tertiary/aromatic N) is 2. The van der Waals surface area contributed by atoms with Crippen LogP contribution in [0.5, 0.6) is 0 Å². The number of nitrogens with one attached hydrogen (secondary N) is 2. The van der Waals surface area contributed by atoms with Crippen molar-refractivity contribution in [3.8, 4) is 10.6 Å². The van der Waals surface area contributed by atoms with Gasteiger partial charge in [0.05, 0.1) is 0 Å². The Morgan fingerprint density at radius 3 is 2.29 bits per heavy atom. The molecule has 1 aromatic heterocycles. The number of aromatic nitrogens is 2. The van der Waals surface area contributed by atoms with Crippen LogP contribution in [0, 0.1) is 5.82 Å². The minimum absolute atomic E-state index is 0.234. The smallest absolute Gasteiger partial charge is 0.252 e. The molecular formula is C24H17Cl2FN4O2S. The van der Waals surface area contributed by atoms with Crippen LogP contribution in [0.2, 0.25) is 10.0 Å². The van der Waals surface area contributed by atoms with E-state index in [9.17, 15) is 14.0 Å². The van der Waals surface area contributed by atoms with E-state index in [-0.39, 0.29) is 22.9 Å². The van der Waals surface area contributed by atoms with Gasteiger partial charge in [-0.2, -0.15) is 0 Å². The third-order valence-electron chi connectivity index (χ3n) is 4.78. The van der Waals surface area contributed by atoms with Crippen molar-refractivity contribution in [3.63, 3.8) is 0 Å². The number of benzene rings is 3. The summed E-state index contributed by atoms with van der Waals surface area (Å²) in [6.07, 6.45) is 0.246. The predicted octanol–water partition coefficient (Wildman–Crippen LogP) is 5.63. The molecular weight excluding hydrogens is 498 g/mol. The van der Waals surface area contributed by atoms with Gasteiger partial charge in [0.15, 0.2) is 0 Å². The molecule has 0 aliphatic carbocycles. The summed E-state index contributed by atoms with van der Waals surface area (Å²) in [5.41, 5.74) is 1.76. The van der Waals surface area contributed by atoms with Crippen LogP contribution < -0.4 is 10.6 Å². The fourth-order valence-electron chi connectivity index (χ4n) is 3.16. The molecule has 0 aliphatic heterocycles. The highest BCUT2D eigenvalue weighted by Gasteiger charge is 2.24. The summed E-state index contributed by atoms with van der Waals surface area (Å²) < 4.78 is 13.2. The van der Waals surface area contributed by atoms with Gasteiger partial charge in [0.25, 0.3) is 5.91 Å². The van der Waals surface area contributed by atoms with E-state index in [4.69, 9.17) is 23.2 Å². The minimum atomic E-state index is -0.911. The lowest BCUT2D eigenvalue weighted by Gasteiger charge is -2.18. The summed E-state index contributed by atoms with van der Waals surface area (Å²) in [6, 6.07) is 18.6. The zero-order chi connectivity index (χ0) is 24.1. The highest BCUT2D eigenvalue weighted by molar-refractivity contribution is 7.18. The van der Waals surface area contributed by atoms with Crippen LogP contribution in [-0.2, 0) is 11.2 Å². The Morgan fingerprint density at radius 2 is 1.62 bits per heavy atom. The topological polar surface area (TPSA) is 84.0 Å². The van der Waals surface area contributed by atoms with Crippen molar-refractivity contribution in [3.05, 3.63) is 99.8 Å². The number of rotatable bonds is 7. The van der Waals surface area contributed by atoms with Crippen LogP contribution in [0.15, 0.2) is 72.8 Å². The molecule has 34 heavy (non-hydrogen) atoms. The van der Waals surface area contributed by atoms with Gasteiger partial charge in [-0.3, -0.25) is 14.9 Å². The van der Waals surface area contributed by atoms with E-state index in [0.717, 1.165) is 16.9 Å². The van der Waals surface area contributed by atoms with E-state index in [0.29, 0.717) is 20.6 Å². The molecule has 172 valence electrons. The summed E-state index contributed by atoms with van der Waals surface area (Å²) in [7, 11) is 0. The van der Waals surface area contributed by atoms with E-state index >= 15 is 0 Å². The van der Waals surface area contributed by atoms with Crippen molar-refractivity contribution in [1.82, 2.24) is 15.5 Å². The third kappa shape index (κ3) is 6.17. The van der Waals surface area contributed by atoms with Gasteiger partial charge in [0, 0.05) is 27.6 Å². The Balaban J connectivity index is 1.53. The molecule has 0 saturated carbocycles. The maximum absolute atomic E-state index is 13.2. The van der Waals surface area contributed by atoms with Crippen molar-refractivity contribution in [1.29, 1.82) is 0 Å². The van der Waals surface area contributed by atoms with Crippen LogP contribution >= 0.6 is 34.5 Å². The third-order valence-corrected chi connectivity index (χ3v) is 6.10. The second-order valence-corrected chi connectivity index (χ2v) is 9.13. The highest BCUT2D eigenvalue weighted by atomic mass is 35.5. The number of carbonyl (C=O) groups excluding carboxylic acids is 2.